The van der Waals surface area contributed by atoms with Gasteiger partial charge in [0.25, 0.3) is 0 Å². The van der Waals surface area contributed by atoms with Crippen molar-refractivity contribution in [3.05, 3.63) is 29.3 Å². The highest BCUT2D eigenvalue weighted by Gasteiger charge is 2.08. The summed E-state index contributed by atoms with van der Waals surface area (Å²) in [6.45, 7) is 8.18. The van der Waals surface area contributed by atoms with Crippen LogP contribution in [0.25, 0.3) is 0 Å². The number of ether oxygens (including phenoxy) is 2. The van der Waals surface area contributed by atoms with Crippen LogP contribution in [0.2, 0.25) is 0 Å². The smallest absolute Gasteiger partial charge is 0.310 e. The van der Waals surface area contributed by atoms with Gasteiger partial charge in [-0.25, -0.2) is 0 Å². The fraction of sp³-hybridized carbons (Fsp3) is 0.500. The van der Waals surface area contributed by atoms with Gasteiger partial charge in [0, 0.05) is 0 Å². The monoisotopic (exact) mass is 236 g/mol. The molecule has 1 aromatic carbocycles. The standard InChI is InChI=1S/C14H20O3/c1-5-16-14(15)9-12-6-7-13(8-11(12)4)17-10(2)3/h6-8,10H,5,9H2,1-4H3. The minimum Gasteiger partial charge on any atom is -0.491 e. The van der Waals surface area contributed by atoms with Crippen molar-refractivity contribution in [2.75, 3.05) is 6.61 Å². The fourth-order valence-corrected chi connectivity index (χ4v) is 1.58. The molecule has 0 saturated heterocycles. The van der Waals surface area contributed by atoms with Crippen molar-refractivity contribution in [1.82, 2.24) is 0 Å². The van der Waals surface area contributed by atoms with Crippen molar-refractivity contribution in [3.63, 3.8) is 0 Å². The lowest BCUT2D eigenvalue weighted by Gasteiger charge is -2.12. The minimum absolute atomic E-state index is 0.158. The number of aryl methyl sites for hydroxylation is 1. The Hall–Kier alpha value is -1.51. The second-order valence-electron chi connectivity index (χ2n) is 4.24. The van der Waals surface area contributed by atoms with Gasteiger partial charge in [-0.3, -0.25) is 4.79 Å². The van der Waals surface area contributed by atoms with Gasteiger partial charge < -0.3 is 9.47 Å². The molecule has 0 saturated carbocycles. The van der Waals surface area contributed by atoms with E-state index in [2.05, 4.69) is 0 Å². The fourth-order valence-electron chi connectivity index (χ4n) is 1.58. The molecule has 1 aromatic rings. The van der Waals surface area contributed by atoms with Crippen molar-refractivity contribution in [2.45, 2.75) is 40.2 Å². The topological polar surface area (TPSA) is 35.5 Å². The van der Waals surface area contributed by atoms with Crippen LogP contribution in [0.5, 0.6) is 5.75 Å². The molecule has 0 heterocycles. The predicted octanol–water partition coefficient (Wildman–Crippen LogP) is 2.89. The van der Waals surface area contributed by atoms with E-state index in [0.717, 1.165) is 16.9 Å². The summed E-state index contributed by atoms with van der Waals surface area (Å²) in [4.78, 5) is 11.4. The summed E-state index contributed by atoms with van der Waals surface area (Å²) in [5.74, 6) is 0.651. The van der Waals surface area contributed by atoms with Crippen LogP contribution in [0.4, 0.5) is 0 Å². The van der Waals surface area contributed by atoms with Crippen LogP contribution in [0.3, 0.4) is 0 Å². The summed E-state index contributed by atoms with van der Waals surface area (Å²) < 4.78 is 10.5. The van der Waals surface area contributed by atoms with Crippen LogP contribution in [-0.4, -0.2) is 18.7 Å². The molecule has 0 fully saturated rings. The number of rotatable bonds is 5. The molecule has 0 radical (unpaired) electrons. The number of carbonyl (C=O) groups excluding carboxylic acids is 1. The van der Waals surface area contributed by atoms with E-state index < -0.39 is 0 Å². The highest BCUT2D eigenvalue weighted by Crippen LogP contribution is 2.19. The quantitative estimate of drug-likeness (QED) is 0.737. The molecule has 0 aliphatic rings. The average Bonchev–Trinajstić information content (AvgIpc) is 2.21. The van der Waals surface area contributed by atoms with Crippen LogP contribution in [-0.2, 0) is 16.0 Å². The normalized spacial score (nSPS) is 10.4. The Morgan fingerprint density at radius 3 is 2.59 bits per heavy atom. The van der Waals surface area contributed by atoms with Crippen molar-refractivity contribution in [3.8, 4) is 5.75 Å². The number of carbonyl (C=O) groups is 1. The maximum absolute atomic E-state index is 11.4. The second-order valence-corrected chi connectivity index (χ2v) is 4.24. The molecular weight excluding hydrogens is 216 g/mol. The Kier molecular flexibility index (Phi) is 5.01. The van der Waals surface area contributed by atoms with Gasteiger partial charge in [0.2, 0.25) is 0 Å². The van der Waals surface area contributed by atoms with Crippen LogP contribution in [0, 0.1) is 6.92 Å². The van der Waals surface area contributed by atoms with Crippen LogP contribution in [0.15, 0.2) is 18.2 Å². The predicted molar refractivity (Wildman–Crippen MR) is 67.3 cm³/mol. The molecule has 0 atom stereocenters. The Bertz CT molecular complexity index is 383. The Labute approximate surface area is 103 Å². The maximum atomic E-state index is 11.4. The summed E-state index contributed by atoms with van der Waals surface area (Å²) >= 11 is 0. The first-order valence-electron chi connectivity index (χ1n) is 5.94. The van der Waals surface area contributed by atoms with Gasteiger partial charge in [0.15, 0.2) is 0 Å². The van der Waals surface area contributed by atoms with Gasteiger partial charge in [0.05, 0.1) is 19.1 Å². The van der Waals surface area contributed by atoms with Crippen molar-refractivity contribution in [1.29, 1.82) is 0 Å². The third kappa shape index (κ3) is 4.47. The first-order chi connectivity index (χ1) is 8.02. The maximum Gasteiger partial charge on any atom is 0.310 e. The third-order valence-electron chi connectivity index (χ3n) is 2.33. The van der Waals surface area contributed by atoms with Gasteiger partial charge in [-0.2, -0.15) is 0 Å². The summed E-state index contributed by atoms with van der Waals surface area (Å²) in [5, 5.41) is 0. The summed E-state index contributed by atoms with van der Waals surface area (Å²) in [6, 6.07) is 5.76. The van der Waals surface area contributed by atoms with Gasteiger partial charge in [0.1, 0.15) is 5.75 Å². The SMILES string of the molecule is CCOC(=O)Cc1ccc(OC(C)C)cc1C. The Balaban J connectivity index is 2.72. The summed E-state index contributed by atoms with van der Waals surface area (Å²) in [7, 11) is 0. The summed E-state index contributed by atoms with van der Waals surface area (Å²) in [5.41, 5.74) is 2.04. The van der Waals surface area contributed by atoms with Crippen LogP contribution in [0.1, 0.15) is 31.9 Å². The van der Waals surface area contributed by atoms with Gasteiger partial charge in [-0.05, 0) is 51.0 Å². The Morgan fingerprint density at radius 1 is 1.35 bits per heavy atom. The lowest BCUT2D eigenvalue weighted by Crippen LogP contribution is -2.09. The lowest BCUT2D eigenvalue weighted by molar-refractivity contribution is -0.142. The number of hydrogen-bond donors (Lipinski definition) is 0. The minimum atomic E-state index is -0.187. The molecule has 0 N–H and O–H groups in total. The molecule has 0 spiro atoms. The van der Waals surface area contributed by atoms with E-state index in [-0.39, 0.29) is 12.1 Å². The largest absolute Gasteiger partial charge is 0.491 e. The molecule has 0 aliphatic heterocycles. The average molecular weight is 236 g/mol. The molecule has 17 heavy (non-hydrogen) atoms. The highest BCUT2D eigenvalue weighted by molar-refractivity contribution is 5.73. The van der Waals surface area contributed by atoms with Gasteiger partial charge >= 0.3 is 5.97 Å². The van der Waals surface area contributed by atoms with Crippen LogP contribution < -0.4 is 4.74 Å². The molecule has 0 aliphatic carbocycles. The molecule has 0 amide bonds. The van der Waals surface area contributed by atoms with E-state index in [9.17, 15) is 4.79 Å². The second kappa shape index (κ2) is 6.28. The van der Waals surface area contributed by atoms with Crippen molar-refractivity contribution >= 4 is 5.97 Å². The molecule has 1 rings (SSSR count). The molecule has 94 valence electrons. The molecule has 0 aromatic heterocycles. The van der Waals surface area contributed by atoms with E-state index >= 15 is 0 Å². The molecule has 0 bridgehead atoms. The van der Waals surface area contributed by atoms with Gasteiger partial charge in [-0.15, -0.1) is 0 Å². The number of benzene rings is 1. The van der Waals surface area contributed by atoms with E-state index in [0.29, 0.717) is 13.0 Å². The molecule has 0 unspecified atom stereocenters. The molecule has 3 heteroatoms. The molecule has 3 nitrogen and oxygen atoms in total. The first-order valence-corrected chi connectivity index (χ1v) is 5.94. The van der Waals surface area contributed by atoms with Crippen LogP contribution >= 0.6 is 0 Å². The highest BCUT2D eigenvalue weighted by atomic mass is 16.5. The summed E-state index contributed by atoms with van der Waals surface area (Å²) in [6.07, 6.45) is 0.479. The van der Waals surface area contributed by atoms with E-state index in [1.54, 1.807) is 0 Å². The zero-order valence-corrected chi connectivity index (χ0v) is 10.9. The molecular formula is C14H20O3. The van der Waals surface area contributed by atoms with E-state index in [1.807, 2.05) is 45.9 Å². The van der Waals surface area contributed by atoms with Crippen molar-refractivity contribution in [2.24, 2.45) is 0 Å². The van der Waals surface area contributed by atoms with E-state index in [4.69, 9.17) is 9.47 Å². The number of hydrogen-bond acceptors (Lipinski definition) is 3. The zero-order valence-electron chi connectivity index (χ0n) is 10.9. The van der Waals surface area contributed by atoms with Gasteiger partial charge in [-0.1, -0.05) is 6.07 Å². The first kappa shape index (κ1) is 13.6. The lowest BCUT2D eigenvalue weighted by atomic mass is 10.1. The number of esters is 1. The van der Waals surface area contributed by atoms with Crippen molar-refractivity contribution < 1.29 is 14.3 Å². The third-order valence-corrected chi connectivity index (χ3v) is 2.33. The van der Waals surface area contributed by atoms with E-state index in [1.165, 1.54) is 0 Å². The Morgan fingerprint density at radius 2 is 2.06 bits per heavy atom. The zero-order chi connectivity index (χ0) is 12.8.